The molecule has 6 heteroatoms. The lowest BCUT2D eigenvalue weighted by molar-refractivity contribution is 0.0921. The van der Waals surface area contributed by atoms with Crippen molar-refractivity contribution < 1.29 is 4.79 Å². The maximum Gasteiger partial charge on any atom is 0.251 e. The third-order valence-corrected chi connectivity index (χ3v) is 4.19. The molecule has 0 saturated carbocycles. The number of hydrogen-bond donors (Lipinski definition) is 0. The van der Waals surface area contributed by atoms with Crippen LogP contribution in [0.2, 0.25) is 0 Å². The van der Waals surface area contributed by atoms with E-state index in [9.17, 15) is 4.79 Å². The minimum Gasteiger partial charge on any atom is -0.272 e. The van der Waals surface area contributed by atoms with Crippen LogP contribution in [0.3, 0.4) is 0 Å². The summed E-state index contributed by atoms with van der Waals surface area (Å²) >= 11 is 4.80. The van der Waals surface area contributed by atoms with Crippen LogP contribution >= 0.6 is 27.7 Å². The zero-order valence-electron chi connectivity index (χ0n) is 9.15. The van der Waals surface area contributed by atoms with E-state index in [1.807, 2.05) is 36.4 Å². The van der Waals surface area contributed by atoms with E-state index in [0.29, 0.717) is 5.16 Å². The first kappa shape index (κ1) is 11.7. The molecule has 4 nitrogen and oxygen atoms in total. The predicted molar refractivity (Wildman–Crippen MR) is 73.5 cm³/mol. The van der Waals surface area contributed by atoms with E-state index < -0.39 is 0 Å². The molecule has 0 spiro atoms. The van der Waals surface area contributed by atoms with E-state index in [1.54, 1.807) is 0 Å². The number of rotatable bonds is 2. The fourth-order valence-corrected chi connectivity index (χ4v) is 2.86. The third kappa shape index (κ3) is 2.13. The molecule has 0 bridgehead atoms. The van der Waals surface area contributed by atoms with E-state index in [1.165, 1.54) is 22.7 Å². The molecule has 1 aliphatic heterocycles. The van der Waals surface area contributed by atoms with E-state index in [-0.39, 0.29) is 11.2 Å². The Morgan fingerprint density at radius 1 is 1.33 bits per heavy atom. The minimum absolute atomic E-state index is 0.00774. The van der Waals surface area contributed by atoms with Crippen LogP contribution in [0.1, 0.15) is 10.4 Å². The Hall–Kier alpha value is -1.40. The first-order chi connectivity index (χ1) is 8.74. The van der Waals surface area contributed by atoms with Crippen molar-refractivity contribution in [1.29, 1.82) is 0 Å². The number of nitrogens with zero attached hydrogens (tertiary/aromatic N) is 3. The Labute approximate surface area is 116 Å². The van der Waals surface area contributed by atoms with Crippen LogP contribution in [0.4, 0.5) is 0 Å². The van der Waals surface area contributed by atoms with Gasteiger partial charge in [0.25, 0.3) is 5.91 Å². The fraction of sp³-hybridized carbons (Fsp3) is 0.0833. The average molecular weight is 322 g/mol. The van der Waals surface area contributed by atoms with Crippen LogP contribution in [0.25, 0.3) is 6.08 Å². The molecule has 1 aromatic carbocycles. The van der Waals surface area contributed by atoms with E-state index in [0.717, 1.165) is 10.0 Å². The quantitative estimate of drug-likeness (QED) is 0.853. The number of fused-ring (bicyclic) bond motifs is 1. The normalized spacial score (nSPS) is 18.5. The van der Waals surface area contributed by atoms with Crippen LogP contribution in [0.15, 0.2) is 46.3 Å². The molecule has 18 heavy (non-hydrogen) atoms. The zero-order chi connectivity index (χ0) is 12.5. The largest absolute Gasteiger partial charge is 0.272 e. The van der Waals surface area contributed by atoms with E-state index in [4.69, 9.17) is 0 Å². The molecule has 3 rings (SSSR count). The predicted octanol–water partition coefficient (Wildman–Crippen LogP) is 2.87. The molecule has 1 atom stereocenters. The molecule has 90 valence electrons. The molecule has 0 fully saturated rings. The second-order valence-corrected chi connectivity index (χ2v) is 5.80. The number of carbonyl (C=O) groups excluding carboxylic acids is 1. The SMILES string of the molecule is O=C1C(/C=C\c2ccc(Br)cc2)Sc2nncn21. The van der Waals surface area contributed by atoms with E-state index in [2.05, 4.69) is 26.1 Å². The monoisotopic (exact) mass is 321 g/mol. The van der Waals surface area contributed by atoms with Crippen LogP contribution < -0.4 is 0 Å². The van der Waals surface area contributed by atoms with Gasteiger partial charge in [0, 0.05) is 4.47 Å². The standard InChI is InChI=1S/C12H8BrN3OS/c13-9-4-1-8(2-5-9)3-6-10-11(17)16-7-14-15-12(16)18-10/h1-7,10H/b6-3-. The van der Waals surface area contributed by atoms with Crippen molar-refractivity contribution in [3.05, 3.63) is 46.7 Å². The maximum absolute atomic E-state index is 11.9. The lowest BCUT2D eigenvalue weighted by atomic mass is 10.2. The average Bonchev–Trinajstić information content (AvgIpc) is 2.93. The summed E-state index contributed by atoms with van der Waals surface area (Å²) in [6, 6.07) is 7.92. The van der Waals surface area contributed by atoms with Crippen molar-refractivity contribution in [2.45, 2.75) is 10.4 Å². The smallest absolute Gasteiger partial charge is 0.251 e. The summed E-state index contributed by atoms with van der Waals surface area (Å²) < 4.78 is 2.53. The van der Waals surface area contributed by atoms with Crippen molar-refractivity contribution in [1.82, 2.24) is 14.8 Å². The lowest BCUT2D eigenvalue weighted by Gasteiger charge is -1.99. The lowest BCUT2D eigenvalue weighted by Crippen LogP contribution is -2.14. The van der Waals surface area contributed by atoms with E-state index >= 15 is 0 Å². The second-order valence-electron chi connectivity index (χ2n) is 3.77. The van der Waals surface area contributed by atoms with Gasteiger partial charge >= 0.3 is 0 Å². The molecule has 0 amide bonds. The van der Waals surface area contributed by atoms with Gasteiger partial charge in [0.15, 0.2) is 5.16 Å². The molecule has 0 N–H and O–H groups in total. The Balaban J connectivity index is 1.77. The molecule has 0 radical (unpaired) electrons. The van der Waals surface area contributed by atoms with Gasteiger partial charge in [0.05, 0.1) is 0 Å². The highest BCUT2D eigenvalue weighted by Gasteiger charge is 2.30. The Bertz CT molecular complexity index is 621. The highest BCUT2D eigenvalue weighted by Crippen LogP contribution is 2.30. The van der Waals surface area contributed by atoms with Crippen molar-refractivity contribution >= 4 is 39.7 Å². The molecular weight excluding hydrogens is 314 g/mol. The summed E-state index contributed by atoms with van der Waals surface area (Å²) in [4.78, 5) is 11.9. The van der Waals surface area contributed by atoms with Crippen LogP contribution in [-0.4, -0.2) is 25.9 Å². The topological polar surface area (TPSA) is 47.8 Å². The summed E-state index contributed by atoms with van der Waals surface area (Å²) in [6.45, 7) is 0. The molecule has 0 saturated heterocycles. The molecular formula is C12H8BrN3OS. The summed E-state index contributed by atoms with van der Waals surface area (Å²) in [5, 5.41) is 8.03. The van der Waals surface area contributed by atoms with Crippen LogP contribution in [0, 0.1) is 0 Å². The summed E-state index contributed by atoms with van der Waals surface area (Å²) in [5.41, 5.74) is 1.06. The van der Waals surface area contributed by atoms with Crippen molar-refractivity contribution in [3.8, 4) is 0 Å². The van der Waals surface area contributed by atoms with Gasteiger partial charge in [-0.15, -0.1) is 10.2 Å². The number of benzene rings is 1. The Morgan fingerprint density at radius 3 is 2.83 bits per heavy atom. The molecule has 1 aromatic heterocycles. The van der Waals surface area contributed by atoms with Gasteiger partial charge < -0.3 is 0 Å². The van der Waals surface area contributed by atoms with Crippen molar-refractivity contribution in [2.75, 3.05) is 0 Å². The van der Waals surface area contributed by atoms with Crippen molar-refractivity contribution in [3.63, 3.8) is 0 Å². The van der Waals surface area contributed by atoms with Gasteiger partial charge in [-0.25, -0.2) is 4.57 Å². The van der Waals surface area contributed by atoms with Crippen LogP contribution in [-0.2, 0) is 0 Å². The van der Waals surface area contributed by atoms with Crippen LogP contribution in [0.5, 0.6) is 0 Å². The Kier molecular flexibility index (Phi) is 3.05. The number of halogens is 1. The summed E-state index contributed by atoms with van der Waals surface area (Å²) in [5.74, 6) is 0.00774. The second kappa shape index (κ2) is 4.70. The number of thioether (sulfide) groups is 1. The molecule has 2 heterocycles. The van der Waals surface area contributed by atoms with Crippen molar-refractivity contribution in [2.24, 2.45) is 0 Å². The number of hydrogen-bond acceptors (Lipinski definition) is 4. The zero-order valence-corrected chi connectivity index (χ0v) is 11.6. The summed E-state index contributed by atoms with van der Waals surface area (Å²) in [7, 11) is 0. The first-order valence-electron chi connectivity index (χ1n) is 5.29. The molecule has 2 aromatic rings. The molecule has 1 unspecified atom stereocenters. The third-order valence-electron chi connectivity index (χ3n) is 2.56. The van der Waals surface area contributed by atoms with Gasteiger partial charge in [0.1, 0.15) is 11.6 Å². The van der Waals surface area contributed by atoms with Gasteiger partial charge in [-0.3, -0.25) is 4.79 Å². The highest BCUT2D eigenvalue weighted by molar-refractivity contribution is 9.10. The van der Waals surface area contributed by atoms with Gasteiger partial charge in [0.2, 0.25) is 0 Å². The number of aromatic nitrogens is 3. The van der Waals surface area contributed by atoms with Gasteiger partial charge in [-0.2, -0.15) is 0 Å². The minimum atomic E-state index is -0.209. The first-order valence-corrected chi connectivity index (χ1v) is 6.96. The molecule has 1 aliphatic rings. The van der Waals surface area contributed by atoms with Gasteiger partial charge in [-0.05, 0) is 17.7 Å². The van der Waals surface area contributed by atoms with Gasteiger partial charge in [-0.1, -0.05) is 52.0 Å². The number of carbonyl (C=O) groups is 1. The summed E-state index contributed by atoms with van der Waals surface area (Å²) in [6.07, 6.45) is 5.30. The Morgan fingerprint density at radius 2 is 2.11 bits per heavy atom. The maximum atomic E-state index is 11.9. The fourth-order valence-electron chi connectivity index (χ4n) is 1.65. The highest BCUT2D eigenvalue weighted by atomic mass is 79.9. The molecule has 0 aliphatic carbocycles.